The van der Waals surface area contributed by atoms with Gasteiger partial charge in [0.25, 0.3) is 5.91 Å². The van der Waals surface area contributed by atoms with Crippen molar-refractivity contribution in [2.75, 3.05) is 30.0 Å². The Labute approximate surface area is 147 Å². The molecule has 0 bridgehead atoms. The molecule has 3 rings (SSSR count). The molecule has 1 aliphatic heterocycles. The van der Waals surface area contributed by atoms with Gasteiger partial charge in [-0.2, -0.15) is 0 Å². The Morgan fingerprint density at radius 2 is 1.68 bits per heavy atom. The summed E-state index contributed by atoms with van der Waals surface area (Å²) in [6.45, 7) is 3.21. The zero-order valence-corrected chi connectivity index (χ0v) is 14.6. The van der Waals surface area contributed by atoms with E-state index in [2.05, 4.69) is 0 Å². The number of hydrogen-bond donors (Lipinski definition) is 0. The van der Waals surface area contributed by atoms with Crippen LogP contribution in [0.15, 0.2) is 48.5 Å². The van der Waals surface area contributed by atoms with Gasteiger partial charge in [-0.25, -0.2) is 0 Å². The molecular formula is C20H22N2O3. The summed E-state index contributed by atoms with van der Waals surface area (Å²) in [6.07, 6.45) is 0.734. The lowest BCUT2D eigenvalue weighted by Gasteiger charge is -2.25. The van der Waals surface area contributed by atoms with Crippen LogP contribution in [-0.4, -0.2) is 32.0 Å². The predicted octanol–water partition coefficient (Wildman–Crippen LogP) is 3.24. The summed E-state index contributed by atoms with van der Waals surface area (Å²) < 4.78 is 5.16. The van der Waals surface area contributed by atoms with Crippen LogP contribution in [0.3, 0.4) is 0 Å². The largest absolute Gasteiger partial charge is 0.380 e. The van der Waals surface area contributed by atoms with Crippen molar-refractivity contribution in [2.24, 2.45) is 0 Å². The van der Waals surface area contributed by atoms with Gasteiger partial charge in [-0.1, -0.05) is 24.3 Å². The Morgan fingerprint density at radius 3 is 2.36 bits per heavy atom. The van der Waals surface area contributed by atoms with Crippen molar-refractivity contribution in [3.05, 3.63) is 59.7 Å². The number of rotatable bonds is 3. The summed E-state index contributed by atoms with van der Waals surface area (Å²) in [5.74, 6) is -0.0698. The molecule has 5 heteroatoms. The van der Waals surface area contributed by atoms with Crippen molar-refractivity contribution in [3.8, 4) is 0 Å². The topological polar surface area (TPSA) is 49.9 Å². The number of para-hydroxylation sites is 2. The fraction of sp³-hybridized carbons (Fsp3) is 0.300. The van der Waals surface area contributed by atoms with E-state index in [9.17, 15) is 9.59 Å². The van der Waals surface area contributed by atoms with Crippen LogP contribution in [0.1, 0.15) is 29.3 Å². The molecule has 2 aromatic carbocycles. The van der Waals surface area contributed by atoms with Crippen molar-refractivity contribution in [2.45, 2.75) is 20.0 Å². The second-order valence-corrected chi connectivity index (χ2v) is 6.10. The minimum atomic E-state index is -0.0594. The SMILES string of the molecule is COCc1cccc(C(=O)N2CCCN(C(C)=O)c3ccccc32)c1. The van der Waals surface area contributed by atoms with E-state index in [0.717, 1.165) is 23.4 Å². The molecule has 0 unspecified atom stereocenters. The van der Waals surface area contributed by atoms with E-state index < -0.39 is 0 Å². The van der Waals surface area contributed by atoms with E-state index in [0.29, 0.717) is 25.3 Å². The lowest BCUT2D eigenvalue weighted by Crippen LogP contribution is -2.31. The third kappa shape index (κ3) is 3.56. The quantitative estimate of drug-likeness (QED) is 0.863. The van der Waals surface area contributed by atoms with E-state index in [4.69, 9.17) is 4.74 Å². The van der Waals surface area contributed by atoms with Gasteiger partial charge in [0.2, 0.25) is 5.91 Å². The average molecular weight is 338 g/mol. The highest BCUT2D eigenvalue weighted by molar-refractivity contribution is 6.09. The minimum Gasteiger partial charge on any atom is -0.380 e. The fourth-order valence-electron chi connectivity index (χ4n) is 3.20. The van der Waals surface area contributed by atoms with Gasteiger partial charge < -0.3 is 14.5 Å². The van der Waals surface area contributed by atoms with Crippen LogP contribution in [0.25, 0.3) is 0 Å². The monoisotopic (exact) mass is 338 g/mol. The van der Waals surface area contributed by atoms with Gasteiger partial charge in [-0.15, -0.1) is 0 Å². The first-order valence-electron chi connectivity index (χ1n) is 8.38. The highest BCUT2D eigenvalue weighted by atomic mass is 16.5. The van der Waals surface area contributed by atoms with Crippen molar-refractivity contribution >= 4 is 23.2 Å². The molecule has 5 nitrogen and oxygen atoms in total. The Morgan fingerprint density at radius 1 is 1.00 bits per heavy atom. The third-order valence-corrected chi connectivity index (χ3v) is 4.34. The molecule has 1 heterocycles. The van der Waals surface area contributed by atoms with Crippen LogP contribution in [0.2, 0.25) is 0 Å². The van der Waals surface area contributed by atoms with Crippen LogP contribution in [0.4, 0.5) is 11.4 Å². The fourth-order valence-corrected chi connectivity index (χ4v) is 3.20. The number of nitrogens with zero attached hydrogens (tertiary/aromatic N) is 2. The second kappa shape index (κ2) is 7.49. The molecule has 0 saturated heterocycles. The number of carbonyl (C=O) groups is 2. The molecule has 0 atom stereocenters. The van der Waals surface area contributed by atoms with Gasteiger partial charge in [0, 0.05) is 32.7 Å². The van der Waals surface area contributed by atoms with Gasteiger partial charge in [0.1, 0.15) is 0 Å². The standard InChI is InChI=1S/C20H22N2O3/c1-15(23)21-11-6-12-22(19-10-4-3-9-18(19)21)20(24)17-8-5-7-16(13-17)14-25-2/h3-5,7-10,13H,6,11-12,14H2,1-2H3. The summed E-state index contributed by atoms with van der Waals surface area (Å²) >= 11 is 0. The molecule has 0 saturated carbocycles. The number of anilines is 2. The lowest BCUT2D eigenvalue weighted by atomic mass is 10.1. The van der Waals surface area contributed by atoms with Crippen LogP contribution >= 0.6 is 0 Å². The van der Waals surface area contributed by atoms with E-state index >= 15 is 0 Å². The highest BCUT2D eigenvalue weighted by Gasteiger charge is 2.26. The summed E-state index contributed by atoms with van der Waals surface area (Å²) in [6, 6.07) is 15.1. The van der Waals surface area contributed by atoms with Crippen LogP contribution in [0.5, 0.6) is 0 Å². The van der Waals surface area contributed by atoms with Crippen molar-refractivity contribution in [1.29, 1.82) is 0 Å². The molecule has 2 aromatic rings. The van der Waals surface area contributed by atoms with Crippen molar-refractivity contribution in [1.82, 2.24) is 0 Å². The minimum absolute atomic E-state index is 0.0103. The molecular weight excluding hydrogens is 316 g/mol. The van der Waals surface area contributed by atoms with Gasteiger partial charge in [0.05, 0.1) is 18.0 Å². The number of ether oxygens (including phenoxy) is 1. The maximum absolute atomic E-state index is 13.1. The van der Waals surface area contributed by atoms with E-state index in [-0.39, 0.29) is 11.8 Å². The molecule has 130 valence electrons. The molecule has 0 N–H and O–H groups in total. The first kappa shape index (κ1) is 17.2. The Bertz CT molecular complexity index is 788. The Hall–Kier alpha value is -2.66. The van der Waals surface area contributed by atoms with E-state index in [1.807, 2.05) is 48.5 Å². The first-order valence-corrected chi connectivity index (χ1v) is 8.38. The normalized spacial score (nSPS) is 14.0. The van der Waals surface area contributed by atoms with Crippen LogP contribution in [-0.2, 0) is 16.1 Å². The van der Waals surface area contributed by atoms with Crippen LogP contribution in [0, 0.1) is 0 Å². The number of fused-ring (bicyclic) bond motifs is 1. The number of carbonyl (C=O) groups excluding carboxylic acids is 2. The summed E-state index contributed by atoms with van der Waals surface area (Å²) in [5, 5.41) is 0. The first-order chi connectivity index (χ1) is 12.1. The lowest BCUT2D eigenvalue weighted by molar-refractivity contribution is -0.116. The number of amides is 2. The highest BCUT2D eigenvalue weighted by Crippen LogP contribution is 2.33. The van der Waals surface area contributed by atoms with Gasteiger partial charge >= 0.3 is 0 Å². The second-order valence-electron chi connectivity index (χ2n) is 6.10. The molecule has 25 heavy (non-hydrogen) atoms. The summed E-state index contributed by atoms with van der Waals surface area (Å²) in [7, 11) is 1.63. The van der Waals surface area contributed by atoms with Crippen LogP contribution < -0.4 is 9.80 Å². The number of benzene rings is 2. The molecule has 0 radical (unpaired) electrons. The van der Waals surface area contributed by atoms with Gasteiger partial charge in [0.15, 0.2) is 0 Å². The van der Waals surface area contributed by atoms with Gasteiger partial charge in [-0.3, -0.25) is 9.59 Å². The molecule has 2 amide bonds. The third-order valence-electron chi connectivity index (χ3n) is 4.34. The zero-order chi connectivity index (χ0) is 17.8. The molecule has 0 aromatic heterocycles. The number of hydrogen-bond acceptors (Lipinski definition) is 3. The molecule has 0 fully saturated rings. The average Bonchev–Trinajstić information content (AvgIpc) is 2.81. The Kier molecular flexibility index (Phi) is 5.14. The predicted molar refractivity (Wildman–Crippen MR) is 97.9 cm³/mol. The molecule has 0 spiro atoms. The van der Waals surface area contributed by atoms with Crippen molar-refractivity contribution in [3.63, 3.8) is 0 Å². The van der Waals surface area contributed by atoms with Crippen molar-refractivity contribution < 1.29 is 14.3 Å². The van der Waals surface area contributed by atoms with E-state index in [1.54, 1.807) is 23.8 Å². The molecule has 0 aliphatic carbocycles. The summed E-state index contributed by atoms with van der Waals surface area (Å²) in [4.78, 5) is 28.6. The van der Waals surface area contributed by atoms with Gasteiger partial charge in [-0.05, 0) is 36.2 Å². The smallest absolute Gasteiger partial charge is 0.258 e. The summed E-state index contributed by atoms with van der Waals surface area (Å²) in [5.41, 5.74) is 3.15. The zero-order valence-electron chi connectivity index (χ0n) is 14.6. The molecule has 1 aliphatic rings. The maximum Gasteiger partial charge on any atom is 0.258 e. The Balaban J connectivity index is 1.98. The number of methoxy groups -OCH3 is 1. The maximum atomic E-state index is 13.1. The van der Waals surface area contributed by atoms with E-state index in [1.165, 1.54) is 0 Å².